The lowest BCUT2D eigenvalue weighted by atomic mass is 10.2. The smallest absolute Gasteiger partial charge is 0.343 e. The molecule has 0 saturated heterocycles. The van der Waals surface area contributed by atoms with Crippen LogP contribution in [-0.2, 0) is 14.3 Å². The number of amides is 2. The van der Waals surface area contributed by atoms with Crippen molar-refractivity contribution in [2.75, 3.05) is 17.3 Å². The molecule has 0 unspecified atom stereocenters. The van der Waals surface area contributed by atoms with Gasteiger partial charge in [0, 0.05) is 10.7 Å². The third-order valence-corrected chi connectivity index (χ3v) is 5.59. The first kappa shape index (κ1) is 24.0. The zero-order valence-corrected chi connectivity index (χ0v) is 19.6. The topological polar surface area (TPSA) is 102 Å². The predicted molar refractivity (Wildman–Crippen MR) is 130 cm³/mol. The number of carbonyl (C=O) groups excluding carboxylic acids is 4. The van der Waals surface area contributed by atoms with Crippen molar-refractivity contribution in [3.05, 3.63) is 99.7 Å². The summed E-state index contributed by atoms with van der Waals surface area (Å²) in [7, 11) is 1.27. The van der Waals surface area contributed by atoms with Crippen LogP contribution in [0.5, 0.6) is 5.75 Å². The van der Waals surface area contributed by atoms with E-state index in [4.69, 9.17) is 27.9 Å². The van der Waals surface area contributed by atoms with Gasteiger partial charge in [0.05, 0.1) is 23.9 Å². The highest BCUT2D eigenvalue weighted by Crippen LogP contribution is 2.30. The predicted octanol–water partition coefficient (Wildman–Crippen LogP) is 4.78. The second kappa shape index (κ2) is 10.0. The first-order chi connectivity index (χ1) is 16.8. The van der Waals surface area contributed by atoms with E-state index in [0.717, 1.165) is 4.90 Å². The van der Waals surface area contributed by atoms with Crippen LogP contribution in [0.3, 0.4) is 0 Å². The Hall–Kier alpha value is -4.14. The second-order valence-electron chi connectivity index (χ2n) is 7.22. The molecule has 1 aliphatic heterocycles. The van der Waals surface area contributed by atoms with Crippen molar-refractivity contribution in [1.29, 1.82) is 0 Å². The van der Waals surface area contributed by atoms with Gasteiger partial charge in [0.25, 0.3) is 11.8 Å². The first-order valence-electron chi connectivity index (χ1n) is 10.1. The van der Waals surface area contributed by atoms with Crippen molar-refractivity contribution in [2.24, 2.45) is 0 Å². The highest BCUT2D eigenvalue weighted by atomic mass is 35.5. The molecule has 0 spiro atoms. The van der Waals surface area contributed by atoms with Crippen LogP contribution in [-0.4, -0.2) is 30.9 Å². The lowest BCUT2D eigenvalue weighted by Gasteiger charge is -2.15. The number of halogens is 2. The molecule has 0 saturated carbocycles. The summed E-state index contributed by atoms with van der Waals surface area (Å²) in [4.78, 5) is 50.3. The Bertz CT molecular complexity index is 1350. The molecular formula is C25H16Cl2N2O6. The van der Waals surface area contributed by atoms with Crippen LogP contribution >= 0.6 is 23.2 Å². The van der Waals surface area contributed by atoms with Crippen molar-refractivity contribution in [3.8, 4) is 5.75 Å². The molecule has 176 valence electrons. The fraction of sp³-hybridized carbons (Fsp3) is 0.0400. The summed E-state index contributed by atoms with van der Waals surface area (Å²) in [5.74, 6) is -2.17. The third kappa shape index (κ3) is 5.03. The van der Waals surface area contributed by atoms with Crippen molar-refractivity contribution in [2.45, 2.75) is 0 Å². The first-order valence-corrected chi connectivity index (χ1v) is 10.9. The Morgan fingerprint density at radius 3 is 1.94 bits per heavy atom. The van der Waals surface area contributed by atoms with Crippen molar-refractivity contribution in [3.63, 3.8) is 0 Å². The molecule has 0 aromatic heterocycles. The van der Waals surface area contributed by atoms with Gasteiger partial charge in [0.2, 0.25) is 0 Å². The van der Waals surface area contributed by atoms with Crippen LogP contribution in [0.4, 0.5) is 11.4 Å². The molecule has 1 N–H and O–H groups in total. The standard InChI is InChI=1S/C25H16Cl2N2O6/c1-34-24(32)14-4-12-19(13-5-14)35-25(33)15-2-8-17(9-3-15)28-21-20(27)22(30)29(23(21)31)18-10-6-16(26)7-11-18/h2-13,28H,1H3. The second-order valence-corrected chi connectivity index (χ2v) is 8.03. The number of ether oxygens (including phenoxy) is 2. The van der Waals surface area contributed by atoms with E-state index in [-0.39, 0.29) is 22.0 Å². The van der Waals surface area contributed by atoms with Crippen molar-refractivity contribution in [1.82, 2.24) is 0 Å². The molecule has 8 nitrogen and oxygen atoms in total. The highest BCUT2D eigenvalue weighted by molar-refractivity contribution is 6.53. The number of nitrogens with one attached hydrogen (secondary N) is 1. The SMILES string of the molecule is COC(=O)c1ccc(OC(=O)c2ccc(NC3=C(Cl)C(=O)N(c4ccc(Cl)cc4)C3=O)cc2)cc1. The Labute approximate surface area is 209 Å². The van der Waals surface area contributed by atoms with Crippen molar-refractivity contribution < 1.29 is 28.7 Å². The maximum atomic E-state index is 12.8. The normalized spacial score (nSPS) is 13.2. The van der Waals surface area contributed by atoms with E-state index >= 15 is 0 Å². The van der Waals surface area contributed by atoms with E-state index in [1.54, 1.807) is 12.1 Å². The molecule has 0 bridgehead atoms. The average molecular weight is 511 g/mol. The molecule has 1 heterocycles. The molecular weight excluding hydrogens is 495 g/mol. The molecule has 1 aliphatic rings. The summed E-state index contributed by atoms with van der Waals surface area (Å²) in [6.07, 6.45) is 0. The minimum atomic E-state index is -0.667. The number of methoxy groups -OCH3 is 1. The van der Waals surface area contributed by atoms with E-state index in [9.17, 15) is 19.2 Å². The third-order valence-electron chi connectivity index (χ3n) is 4.99. The van der Waals surface area contributed by atoms with Gasteiger partial charge in [0.15, 0.2) is 0 Å². The number of hydrogen-bond acceptors (Lipinski definition) is 7. The maximum absolute atomic E-state index is 12.8. The molecule has 10 heteroatoms. The number of anilines is 2. The zero-order valence-electron chi connectivity index (χ0n) is 18.1. The number of hydrogen-bond donors (Lipinski definition) is 1. The molecule has 3 aromatic carbocycles. The number of carbonyl (C=O) groups is 4. The van der Waals surface area contributed by atoms with Crippen LogP contribution in [0.1, 0.15) is 20.7 Å². The summed E-state index contributed by atoms with van der Waals surface area (Å²) in [6, 6.07) is 18.1. The molecule has 0 aliphatic carbocycles. The van der Waals surface area contributed by atoms with Crippen LogP contribution in [0.15, 0.2) is 83.5 Å². The van der Waals surface area contributed by atoms with E-state index in [1.807, 2.05) is 0 Å². The van der Waals surface area contributed by atoms with Crippen LogP contribution < -0.4 is 15.0 Å². The number of rotatable bonds is 6. The molecule has 0 atom stereocenters. The number of imide groups is 1. The average Bonchev–Trinajstić information content (AvgIpc) is 3.08. The van der Waals surface area contributed by atoms with Gasteiger partial charge in [-0.3, -0.25) is 9.59 Å². The number of nitrogens with zero attached hydrogens (tertiary/aromatic N) is 1. The van der Waals surface area contributed by atoms with Gasteiger partial charge in [-0.1, -0.05) is 23.2 Å². The maximum Gasteiger partial charge on any atom is 0.343 e. The highest BCUT2D eigenvalue weighted by Gasteiger charge is 2.38. The van der Waals surface area contributed by atoms with Crippen LogP contribution in [0.2, 0.25) is 5.02 Å². The minimum absolute atomic E-state index is 0.0901. The fourth-order valence-corrected chi connectivity index (χ4v) is 3.55. The van der Waals surface area contributed by atoms with Gasteiger partial charge < -0.3 is 14.8 Å². The lowest BCUT2D eigenvalue weighted by Crippen LogP contribution is -2.32. The van der Waals surface area contributed by atoms with E-state index in [2.05, 4.69) is 10.1 Å². The number of benzene rings is 3. The Morgan fingerprint density at radius 1 is 0.771 bits per heavy atom. The number of esters is 2. The minimum Gasteiger partial charge on any atom is -0.465 e. The van der Waals surface area contributed by atoms with Gasteiger partial charge in [-0.05, 0) is 72.8 Å². The lowest BCUT2D eigenvalue weighted by molar-refractivity contribution is -0.120. The zero-order chi connectivity index (χ0) is 25.1. The Morgan fingerprint density at radius 2 is 1.34 bits per heavy atom. The van der Waals surface area contributed by atoms with E-state index < -0.39 is 23.8 Å². The van der Waals surface area contributed by atoms with E-state index in [0.29, 0.717) is 22.0 Å². The monoisotopic (exact) mass is 510 g/mol. The quantitative estimate of drug-likeness (QED) is 0.289. The van der Waals surface area contributed by atoms with E-state index in [1.165, 1.54) is 67.8 Å². The van der Waals surface area contributed by atoms with Gasteiger partial charge in [-0.25, -0.2) is 14.5 Å². The molecule has 4 rings (SSSR count). The van der Waals surface area contributed by atoms with Crippen molar-refractivity contribution >= 4 is 58.3 Å². The fourth-order valence-electron chi connectivity index (χ4n) is 3.21. The Kier molecular flexibility index (Phi) is 6.86. The summed E-state index contributed by atoms with van der Waals surface area (Å²) in [5, 5.41) is 3.03. The van der Waals surface area contributed by atoms with Gasteiger partial charge in [-0.2, -0.15) is 0 Å². The summed E-state index contributed by atoms with van der Waals surface area (Å²) >= 11 is 12.0. The van der Waals surface area contributed by atoms with Gasteiger partial charge in [0.1, 0.15) is 16.5 Å². The molecule has 2 amide bonds. The molecule has 0 fully saturated rings. The summed E-state index contributed by atoms with van der Waals surface area (Å²) in [5.41, 5.74) is 1.23. The summed E-state index contributed by atoms with van der Waals surface area (Å²) in [6.45, 7) is 0. The van der Waals surface area contributed by atoms with Gasteiger partial charge >= 0.3 is 11.9 Å². The van der Waals surface area contributed by atoms with Crippen LogP contribution in [0.25, 0.3) is 0 Å². The van der Waals surface area contributed by atoms with Gasteiger partial charge in [-0.15, -0.1) is 0 Å². The van der Waals surface area contributed by atoms with Crippen LogP contribution in [0, 0.1) is 0 Å². The largest absolute Gasteiger partial charge is 0.465 e. The summed E-state index contributed by atoms with van der Waals surface area (Å²) < 4.78 is 9.93. The molecule has 35 heavy (non-hydrogen) atoms. The molecule has 0 radical (unpaired) electrons. The molecule has 3 aromatic rings. The Balaban J connectivity index is 1.43.